The molecule has 0 atom stereocenters. The van der Waals surface area contributed by atoms with E-state index in [0.717, 1.165) is 13.2 Å². The third-order valence-electron chi connectivity index (χ3n) is 2.78. The number of halogens is 3. The highest BCUT2D eigenvalue weighted by Crippen LogP contribution is 2.31. The molecule has 0 saturated carbocycles. The maximum atomic E-state index is 13.0. The zero-order chi connectivity index (χ0) is 17.4. The molecular weight excluding hydrogens is 321 g/mol. The van der Waals surface area contributed by atoms with E-state index in [-0.39, 0.29) is 5.57 Å². The Hall–Kier alpha value is -2.98. The second-order valence-electron chi connectivity index (χ2n) is 4.36. The van der Waals surface area contributed by atoms with Crippen LogP contribution in [0.3, 0.4) is 0 Å². The maximum Gasteiger partial charge on any atom is 0.434 e. The van der Waals surface area contributed by atoms with E-state index >= 15 is 0 Å². The Morgan fingerprint density at radius 1 is 1.35 bits per heavy atom. The fraction of sp³-hybridized carbons (Fsp3) is 0.250. The molecule has 122 valence electrons. The lowest BCUT2D eigenvalue weighted by molar-refractivity contribution is -0.141. The normalized spacial score (nSPS) is 14.8. The quantitative estimate of drug-likeness (QED) is 0.649. The number of esters is 1. The van der Waals surface area contributed by atoms with Gasteiger partial charge in [-0.25, -0.2) is 14.8 Å². The first-order valence-electron chi connectivity index (χ1n) is 6.01. The molecule has 0 spiro atoms. The first kappa shape index (κ1) is 16.4. The number of carbonyl (C=O) groups is 3. The lowest BCUT2D eigenvalue weighted by atomic mass is 10.2. The molecule has 1 N–H and O–H groups in total. The molecule has 2 heterocycles. The van der Waals surface area contributed by atoms with Crippen molar-refractivity contribution in [3.8, 4) is 0 Å². The highest BCUT2D eigenvalue weighted by atomic mass is 19.4. The number of nitrogens with zero attached hydrogens (tertiary/aromatic N) is 3. The summed E-state index contributed by atoms with van der Waals surface area (Å²) in [7, 11) is 0.907. The van der Waals surface area contributed by atoms with Gasteiger partial charge in [-0.15, -0.1) is 0 Å². The summed E-state index contributed by atoms with van der Waals surface area (Å²) in [6, 6.07) is 0. The van der Waals surface area contributed by atoms with Crippen LogP contribution >= 0.6 is 0 Å². The van der Waals surface area contributed by atoms with Crippen LogP contribution in [0, 0.1) is 0 Å². The Labute approximate surface area is 126 Å². The first-order valence-corrected chi connectivity index (χ1v) is 6.01. The van der Waals surface area contributed by atoms with Gasteiger partial charge < -0.3 is 4.74 Å². The molecule has 8 nitrogen and oxygen atoms in total. The number of imide groups is 1. The van der Waals surface area contributed by atoms with Gasteiger partial charge in [0.25, 0.3) is 11.8 Å². The van der Waals surface area contributed by atoms with Crippen LogP contribution in [0.2, 0.25) is 0 Å². The average Bonchev–Trinajstić information content (AvgIpc) is 2.72. The van der Waals surface area contributed by atoms with Gasteiger partial charge >= 0.3 is 12.1 Å². The highest BCUT2D eigenvalue weighted by Gasteiger charge is 2.39. The molecule has 0 saturated heterocycles. The van der Waals surface area contributed by atoms with E-state index in [1.807, 2.05) is 0 Å². The molecule has 0 aromatic carbocycles. The lowest BCUT2D eigenvalue weighted by Gasteiger charge is -2.17. The van der Waals surface area contributed by atoms with Crippen molar-refractivity contribution in [1.29, 1.82) is 0 Å². The molecule has 1 aliphatic heterocycles. The van der Waals surface area contributed by atoms with Gasteiger partial charge in [-0.1, -0.05) is 0 Å². The first-order chi connectivity index (χ1) is 10.6. The van der Waals surface area contributed by atoms with Crippen LogP contribution in [-0.2, 0) is 20.5 Å². The molecular formula is C12H9F3N4O4. The second kappa shape index (κ2) is 5.66. The van der Waals surface area contributed by atoms with Crippen molar-refractivity contribution >= 4 is 23.7 Å². The van der Waals surface area contributed by atoms with Crippen LogP contribution in [0.5, 0.6) is 0 Å². The fourth-order valence-corrected chi connectivity index (χ4v) is 1.70. The van der Waals surface area contributed by atoms with E-state index in [1.165, 1.54) is 6.92 Å². The smallest absolute Gasteiger partial charge is 0.434 e. The van der Waals surface area contributed by atoms with Crippen molar-refractivity contribution in [3.05, 3.63) is 29.1 Å². The van der Waals surface area contributed by atoms with E-state index in [9.17, 15) is 27.6 Å². The predicted octanol–water partition coefficient (Wildman–Crippen LogP) is 0.924. The number of alkyl halides is 3. The van der Waals surface area contributed by atoms with Gasteiger partial charge in [0.2, 0.25) is 5.95 Å². The molecule has 1 aliphatic rings. The largest absolute Gasteiger partial charge is 0.465 e. The summed E-state index contributed by atoms with van der Waals surface area (Å²) >= 11 is 0. The Morgan fingerprint density at radius 3 is 2.48 bits per heavy atom. The minimum absolute atomic E-state index is 0.102. The number of ether oxygens (including phenoxy) is 1. The molecule has 23 heavy (non-hydrogen) atoms. The van der Waals surface area contributed by atoms with Gasteiger partial charge in [0, 0.05) is 17.8 Å². The van der Waals surface area contributed by atoms with E-state index < -0.39 is 41.2 Å². The third kappa shape index (κ3) is 3.12. The van der Waals surface area contributed by atoms with Crippen LogP contribution in [0.4, 0.5) is 19.1 Å². The topological polar surface area (TPSA) is 101 Å². The van der Waals surface area contributed by atoms with Gasteiger partial charge in [0.1, 0.15) is 5.56 Å². The standard InChI is InChI=1S/C12H9F3N4O4/c1-5-3-7(20)19(9(5)21)18-11-16-4-6(10(22)23-2)8(17-11)12(13,14)15/h3-4H,1-2H3,(H,16,17,18). The summed E-state index contributed by atoms with van der Waals surface area (Å²) in [4.78, 5) is 41.1. The van der Waals surface area contributed by atoms with Gasteiger partial charge in [-0.05, 0) is 6.92 Å². The maximum absolute atomic E-state index is 13.0. The summed E-state index contributed by atoms with van der Waals surface area (Å²) in [5.74, 6) is -3.46. The molecule has 2 amide bonds. The summed E-state index contributed by atoms with van der Waals surface area (Å²) in [5.41, 5.74) is -0.263. The highest BCUT2D eigenvalue weighted by molar-refractivity contribution is 6.16. The number of hydrogen-bond donors (Lipinski definition) is 1. The molecule has 0 fully saturated rings. The Bertz CT molecular complexity index is 730. The Balaban J connectivity index is 2.37. The number of hydrazine groups is 1. The van der Waals surface area contributed by atoms with Crippen LogP contribution in [0.15, 0.2) is 17.8 Å². The SMILES string of the molecule is COC(=O)c1cnc(NN2C(=O)C=C(C)C2=O)nc1C(F)(F)F. The zero-order valence-electron chi connectivity index (χ0n) is 11.8. The summed E-state index contributed by atoms with van der Waals surface area (Å²) in [6.45, 7) is 1.37. The minimum Gasteiger partial charge on any atom is -0.465 e. The lowest BCUT2D eigenvalue weighted by Crippen LogP contribution is -2.37. The molecule has 11 heteroatoms. The molecule has 1 aromatic rings. The van der Waals surface area contributed by atoms with E-state index in [4.69, 9.17) is 0 Å². The number of rotatable bonds is 3. The van der Waals surface area contributed by atoms with Gasteiger partial charge in [0.05, 0.1) is 7.11 Å². The fourth-order valence-electron chi connectivity index (χ4n) is 1.70. The van der Waals surface area contributed by atoms with E-state index in [2.05, 4.69) is 20.1 Å². The van der Waals surface area contributed by atoms with Gasteiger partial charge in [-0.3, -0.25) is 15.0 Å². The van der Waals surface area contributed by atoms with Crippen molar-refractivity contribution < 1.29 is 32.3 Å². The van der Waals surface area contributed by atoms with Crippen molar-refractivity contribution in [1.82, 2.24) is 15.0 Å². The van der Waals surface area contributed by atoms with E-state index in [0.29, 0.717) is 11.2 Å². The zero-order valence-corrected chi connectivity index (χ0v) is 11.8. The van der Waals surface area contributed by atoms with Crippen molar-refractivity contribution in [2.24, 2.45) is 0 Å². The van der Waals surface area contributed by atoms with Gasteiger partial charge in [-0.2, -0.15) is 18.2 Å². The number of amides is 2. The number of aromatic nitrogens is 2. The van der Waals surface area contributed by atoms with Crippen LogP contribution < -0.4 is 5.43 Å². The molecule has 1 aromatic heterocycles. The van der Waals surface area contributed by atoms with Crippen LogP contribution in [0.1, 0.15) is 23.0 Å². The molecule has 0 aliphatic carbocycles. The number of nitrogens with one attached hydrogen (secondary N) is 1. The molecule has 0 bridgehead atoms. The minimum atomic E-state index is -4.96. The third-order valence-corrected chi connectivity index (χ3v) is 2.78. The summed E-state index contributed by atoms with van der Waals surface area (Å²) in [6.07, 6.45) is -3.37. The van der Waals surface area contributed by atoms with Crippen LogP contribution in [0.25, 0.3) is 0 Å². The van der Waals surface area contributed by atoms with Crippen LogP contribution in [-0.4, -0.2) is 39.9 Å². The monoisotopic (exact) mass is 330 g/mol. The number of methoxy groups -OCH3 is 1. The Morgan fingerprint density at radius 2 is 2.00 bits per heavy atom. The summed E-state index contributed by atoms with van der Waals surface area (Å²) in [5, 5.41) is 0.461. The second-order valence-corrected chi connectivity index (χ2v) is 4.36. The van der Waals surface area contributed by atoms with Crippen molar-refractivity contribution in [2.75, 3.05) is 12.5 Å². The van der Waals surface area contributed by atoms with Crippen molar-refractivity contribution in [2.45, 2.75) is 13.1 Å². The van der Waals surface area contributed by atoms with Crippen molar-refractivity contribution in [3.63, 3.8) is 0 Å². The molecule has 0 unspecified atom stereocenters. The Kier molecular flexibility index (Phi) is 4.04. The average molecular weight is 330 g/mol. The number of anilines is 1. The molecule has 2 rings (SSSR count). The number of hydrogen-bond acceptors (Lipinski definition) is 7. The summed E-state index contributed by atoms with van der Waals surface area (Å²) < 4.78 is 43.1. The van der Waals surface area contributed by atoms with E-state index in [1.54, 1.807) is 0 Å². The predicted molar refractivity (Wildman–Crippen MR) is 67.6 cm³/mol. The van der Waals surface area contributed by atoms with Gasteiger partial charge in [0.15, 0.2) is 5.69 Å². The molecule has 0 radical (unpaired) electrons. The number of carbonyl (C=O) groups excluding carboxylic acids is 3.